The molecular formula is C13H18N2O2. The van der Waals surface area contributed by atoms with Gasteiger partial charge in [0.15, 0.2) is 0 Å². The van der Waals surface area contributed by atoms with Crippen molar-refractivity contribution < 1.29 is 10.4 Å². The van der Waals surface area contributed by atoms with Crippen LogP contribution in [0.3, 0.4) is 0 Å². The van der Waals surface area contributed by atoms with Crippen LogP contribution < -0.4 is 5.48 Å². The van der Waals surface area contributed by atoms with E-state index in [4.69, 9.17) is 5.21 Å². The first-order valence-electron chi connectivity index (χ1n) is 6.02. The highest BCUT2D eigenvalue weighted by Gasteiger charge is 2.29. The van der Waals surface area contributed by atoms with Gasteiger partial charge in [0.05, 0.1) is 11.8 Å². The number of hydrogen-bond donors (Lipinski definition) is 3. The van der Waals surface area contributed by atoms with Crippen molar-refractivity contribution in [2.24, 2.45) is 11.1 Å². The third kappa shape index (κ3) is 2.65. The molecule has 0 amide bonds. The lowest BCUT2D eigenvalue weighted by atomic mass is 9.80. The second-order valence-electron chi connectivity index (χ2n) is 4.46. The van der Waals surface area contributed by atoms with Crippen LogP contribution in [0.2, 0.25) is 0 Å². The molecule has 1 saturated carbocycles. The molecule has 2 rings (SSSR count). The average molecular weight is 234 g/mol. The number of rotatable bonds is 3. The number of nitrogens with one attached hydrogen (secondary N) is 1. The Kier molecular flexibility index (Phi) is 4.12. The summed E-state index contributed by atoms with van der Waals surface area (Å²) < 4.78 is 0. The van der Waals surface area contributed by atoms with Crippen LogP contribution in [0.25, 0.3) is 0 Å². The van der Waals surface area contributed by atoms with E-state index in [0.717, 1.165) is 37.0 Å². The van der Waals surface area contributed by atoms with Gasteiger partial charge in [0.25, 0.3) is 0 Å². The molecule has 0 saturated heterocycles. The molecule has 3 N–H and O–H groups in total. The van der Waals surface area contributed by atoms with Crippen LogP contribution in [0.5, 0.6) is 0 Å². The molecular weight excluding hydrogens is 216 g/mol. The first kappa shape index (κ1) is 12.1. The van der Waals surface area contributed by atoms with E-state index >= 15 is 0 Å². The molecule has 1 aromatic carbocycles. The van der Waals surface area contributed by atoms with Gasteiger partial charge in [-0.1, -0.05) is 41.9 Å². The van der Waals surface area contributed by atoms with Crippen LogP contribution in [0, 0.1) is 5.92 Å². The highest BCUT2D eigenvalue weighted by molar-refractivity contribution is 5.87. The van der Waals surface area contributed by atoms with Crippen LogP contribution in [0.1, 0.15) is 37.3 Å². The van der Waals surface area contributed by atoms with Gasteiger partial charge < -0.3 is 10.4 Å². The lowest BCUT2D eigenvalue weighted by Gasteiger charge is -2.30. The van der Waals surface area contributed by atoms with Gasteiger partial charge in [0.1, 0.15) is 0 Å². The van der Waals surface area contributed by atoms with E-state index in [2.05, 4.69) is 10.6 Å². The third-order valence-corrected chi connectivity index (χ3v) is 3.45. The van der Waals surface area contributed by atoms with Crippen molar-refractivity contribution in [3.05, 3.63) is 35.9 Å². The largest absolute Gasteiger partial charge is 0.411 e. The van der Waals surface area contributed by atoms with Gasteiger partial charge >= 0.3 is 0 Å². The molecule has 92 valence electrons. The predicted octanol–water partition coefficient (Wildman–Crippen LogP) is 2.73. The fourth-order valence-electron chi connectivity index (χ4n) is 2.56. The molecule has 1 fully saturated rings. The van der Waals surface area contributed by atoms with Gasteiger partial charge in [0.2, 0.25) is 0 Å². The van der Waals surface area contributed by atoms with Crippen molar-refractivity contribution in [1.82, 2.24) is 5.48 Å². The first-order valence-corrected chi connectivity index (χ1v) is 6.02. The summed E-state index contributed by atoms with van der Waals surface area (Å²) in [6.45, 7) is 0. The molecule has 1 aliphatic rings. The second-order valence-corrected chi connectivity index (χ2v) is 4.46. The summed E-state index contributed by atoms with van der Waals surface area (Å²) >= 11 is 0. The molecule has 0 aromatic heterocycles. The maximum atomic E-state index is 9.36. The highest BCUT2D eigenvalue weighted by Crippen LogP contribution is 2.32. The molecule has 17 heavy (non-hydrogen) atoms. The fraction of sp³-hybridized carbons (Fsp3) is 0.462. The number of oxime groups is 1. The number of hydrogen-bond acceptors (Lipinski definition) is 4. The molecule has 0 aliphatic heterocycles. The minimum Gasteiger partial charge on any atom is -0.411 e. The topological polar surface area (TPSA) is 64.9 Å². The van der Waals surface area contributed by atoms with E-state index in [1.165, 1.54) is 0 Å². The van der Waals surface area contributed by atoms with Gasteiger partial charge in [-0.05, 0) is 24.8 Å². The van der Waals surface area contributed by atoms with Crippen LogP contribution in [0.4, 0.5) is 0 Å². The molecule has 4 nitrogen and oxygen atoms in total. The molecule has 0 radical (unpaired) electrons. The lowest BCUT2D eigenvalue weighted by Crippen LogP contribution is -2.33. The highest BCUT2D eigenvalue weighted by atomic mass is 16.5. The van der Waals surface area contributed by atoms with Gasteiger partial charge in [-0.25, -0.2) is 0 Å². The Morgan fingerprint density at radius 1 is 1.24 bits per heavy atom. The standard InChI is InChI=1S/C13H18N2O2/c16-14-12-9-5-4-8-11(12)13(15-17)10-6-2-1-3-7-10/h1-3,6-7,11,13,15-17H,4-5,8-9H2/b14-12+. The molecule has 4 heteroatoms. The summed E-state index contributed by atoms with van der Waals surface area (Å²) in [5.74, 6) is 0.0705. The number of benzene rings is 1. The van der Waals surface area contributed by atoms with Gasteiger partial charge in [-0.15, -0.1) is 0 Å². The monoisotopic (exact) mass is 234 g/mol. The lowest BCUT2D eigenvalue weighted by molar-refractivity contribution is 0.105. The van der Waals surface area contributed by atoms with Crippen molar-refractivity contribution in [2.45, 2.75) is 31.7 Å². The summed E-state index contributed by atoms with van der Waals surface area (Å²) in [6, 6.07) is 9.58. The van der Waals surface area contributed by atoms with Crippen LogP contribution in [-0.2, 0) is 0 Å². The number of nitrogens with zero attached hydrogens (tertiary/aromatic N) is 1. The van der Waals surface area contributed by atoms with E-state index in [0.29, 0.717) is 0 Å². The van der Waals surface area contributed by atoms with Crippen LogP contribution in [-0.4, -0.2) is 16.1 Å². The van der Waals surface area contributed by atoms with Crippen molar-refractivity contribution in [1.29, 1.82) is 0 Å². The molecule has 0 heterocycles. The zero-order valence-electron chi connectivity index (χ0n) is 9.71. The minimum absolute atomic E-state index is 0.0705. The van der Waals surface area contributed by atoms with E-state index in [-0.39, 0.29) is 12.0 Å². The van der Waals surface area contributed by atoms with Crippen molar-refractivity contribution in [2.75, 3.05) is 0 Å². The zero-order chi connectivity index (χ0) is 12.1. The maximum Gasteiger partial charge on any atom is 0.0650 e. The molecule has 2 atom stereocenters. The summed E-state index contributed by atoms with van der Waals surface area (Å²) in [7, 11) is 0. The van der Waals surface area contributed by atoms with E-state index in [9.17, 15) is 5.21 Å². The Balaban J connectivity index is 2.23. The van der Waals surface area contributed by atoms with E-state index in [1.54, 1.807) is 0 Å². The fourth-order valence-corrected chi connectivity index (χ4v) is 2.56. The summed E-state index contributed by atoms with van der Waals surface area (Å²) in [6.07, 6.45) is 3.91. The Morgan fingerprint density at radius 2 is 2.00 bits per heavy atom. The summed E-state index contributed by atoms with van der Waals surface area (Å²) in [4.78, 5) is 0. The Bertz CT molecular complexity index is 378. The summed E-state index contributed by atoms with van der Waals surface area (Å²) in [5.41, 5.74) is 4.16. The average Bonchev–Trinajstić information content (AvgIpc) is 2.41. The SMILES string of the molecule is O/N=C1\CCCCC1C(NO)c1ccccc1. The first-order chi connectivity index (χ1) is 8.36. The Labute approximate surface area is 101 Å². The Hall–Kier alpha value is -1.39. The van der Waals surface area contributed by atoms with Crippen LogP contribution in [0.15, 0.2) is 35.5 Å². The molecule has 2 unspecified atom stereocenters. The van der Waals surface area contributed by atoms with Gasteiger partial charge in [-0.3, -0.25) is 0 Å². The third-order valence-electron chi connectivity index (χ3n) is 3.45. The van der Waals surface area contributed by atoms with Crippen LogP contribution >= 0.6 is 0 Å². The summed E-state index contributed by atoms with van der Waals surface area (Å²) in [5, 5.41) is 21.8. The normalized spacial score (nSPS) is 24.8. The minimum atomic E-state index is -0.192. The van der Waals surface area contributed by atoms with E-state index < -0.39 is 0 Å². The molecule has 0 spiro atoms. The quantitative estimate of drug-likeness (QED) is 0.556. The molecule has 1 aliphatic carbocycles. The number of hydroxylamine groups is 1. The van der Waals surface area contributed by atoms with Crippen molar-refractivity contribution in [3.8, 4) is 0 Å². The zero-order valence-corrected chi connectivity index (χ0v) is 9.71. The smallest absolute Gasteiger partial charge is 0.0650 e. The van der Waals surface area contributed by atoms with Crippen molar-refractivity contribution in [3.63, 3.8) is 0 Å². The van der Waals surface area contributed by atoms with Gasteiger partial charge in [-0.2, -0.15) is 5.48 Å². The Morgan fingerprint density at radius 3 is 2.65 bits per heavy atom. The molecule has 1 aromatic rings. The van der Waals surface area contributed by atoms with Crippen molar-refractivity contribution >= 4 is 5.71 Å². The van der Waals surface area contributed by atoms with E-state index in [1.807, 2.05) is 30.3 Å². The second kappa shape index (κ2) is 5.80. The molecule has 0 bridgehead atoms. The van der Waals surface area contributed by atoms with Gasteiger partial charge in [0, 0.05) is 5.92 Å². The predicted molar refractivity (Wildman–Crippen MR) is 65.3 cm³/mol. The maximum absolute atomic E-state index is 9.36.